The minimum absolute atomic E-state index is 0.138. The standard InChI is InChI=1S/C10H9F3N4S/c11-10(12,13)8-16-9(18-17-8)15-5-6-1-3-7(14)4-2-6/h1-4H,5,14H2,(H,15,16,17). The van der Waals surface area contributed by atoms with Crippen LogP contribution in [-0.2, 0) is 12.7 Å². The maximum Gasteiger partial charge on any atom is 0.452 e. The van der Waals surface area contributed by atoms with Gasteiger partial charge in [0.2, 0.25) is 11.0 Å². The molecule has 0 unspecified atom stereocenters. The summed E-state index contributed by atoms with van der Waals surface area (Å²) in [5.41, 5.74) is 7.05. The highest BCUT2D eigenvalue weighted by molar-refractivity contribution is 7.09. The number of nitrogens with zero attached hydrogens (tertiary/aromatic N) is 2. The molecule has 96 valence electrons. The predicted octanol–water partition coefficient (Wildman–Crippen LogP) is 2.75. The molecule has 1 aromatic carbocycles. The van der Waals surface area contributed by atoms with Crippen LogP contribution in [0.2, 0.25) is 0 Å². The van der Waals surface area contributed by atoms with Gasteiger partial charge in [0.15, 0.2) is 0 Å². The molecule has 2 rings (SSSR count). The van der Waals surface area contributed by atoms with Crippen LogP contribution in [0.1, 0.15) is 11.4 Å². The molecule has 18 heavy (non-hydrogen) atoms. The van der Waals surface area contributed by atoms with Gasteiger partial charge in [0.05, 0.1) is 0 Å². The third-order valence-corrected chi connectivity index (χ3v) is 2.78. The molecule has 0 atom stereocenters. The maximum absolute atomic E-state index is 12.2. The van der Waals surface area contributed by atoms with E-state index in [0.717, 1.165) is 5.56 Å². The van der Waals surface area contributed by atoms with E-state index in [9.17, 15) is 13.2 Å². The molecule has 0 aliphatic rings. The number of nitrogens with two attached hydrogens (primary N) is 1. The van der Waals surface area contributed by atoms with E-state index in [0.29, 0.717) is 23.8 Å². The van der Waals surface area contributed by atoms with Gasteiger partial charge < -0.3 is 11.1 Å². The van der Waals surface area contributed by atoms with Crippen molar-refractivity contribution in [2.75, 3.05) is 11.1 Å². The third-order valence-electron chi connectivity index (χ3n) is 2.10. The van der Waals surface area contributed by atoms with Crippen LogP contribution >= 0.6 is 11.5 Å². The lowest BCUT2D eigenvalue weighted by atomic mass is 10.2. The SMILES string of the molecule is Nc1ccc(CNc2nc(C(F)(F)F)ns2)cc1. The molecule has 0 radical (unpaired) electrons. The number of hydrogen-bond acceptors (Lipinski definition) is 5. The second-order valence-corrected chi connectivity index (χ2v) is 4.27. The Bertz CT molecular complexity index is 521. The van der Waals surface area contributed by atoms with Gasteiger partial charge in [-0.1, -0.05) is 12.1 Å². The Labute approximate surface area is 105 Å². The van der Waals surface area contributed by atoms with E-state index >= 15 is 0 Å². The number of halogens is 3. The van der Waals surface area contributed by atoms with Gasteiger partial charge in [-0.05, 0) is 17.7 Å². The highest BCUT2D eigenvalue weighted by Crippen LogP contribution is 2.29. The van der Waals surface area contributed by atoms with Gasteiger partial charge in [0, 0.05) is 23.8 Å². The van der Waals surface area contributed by atoms with Crippen LogP contribution in [0.15, 0.2) is 24.3 Å². The Kier molecular flexibility index (Phi) is 3.37. The number of anilines is 2. The zero-order valence-corrected chi connectivity index (χ0v) is 9.85. The Morgan fingerprint density at radius 2 is 1.89 bits per heavy atom. The topological polar surface area (TPSA) is 63.8 Å². The van der Waals surface area contributed by atoms with Crippen LogP contribution in [0.5, 0.6) is 0 Å². The fourth-order valence-corrected chi connectivity index (χ4v) is 1.80. The van der Waals surface area contributed by atoms with Crippen LogP contribution < -0.4 is 11.1 Å². The number of alkyl halides is 3. The average molecular weight is 274 g/mol. The molecule has 0 aliphatic carbocycles. The Morgan fingerprint density at radius 1 is 1.22 bits per heavy atom. The van der Waals surface area contributed by atoms with Crippen molar-refractivity contribution in [2.24, 2.45) is 0 Å². The van der Waals surface area contributed by atoms with E-state index in [2.05, 4.69) is 14.7 Å². The summed E-state index contributed by atoms with van der Waals surface area (Å²) in [7, 11) is 0. The van der Waals surface area contributed by atoms with Crippen molar-refractivity contribution in [3.63, 3.8) is 0 Å². The summed E-state index contributed by atoms with van der Waals surface area (Å²) in [6.07, 6.45) is -4.50. The van der Waals surface area contributed by atoms with E-state index in [1.54, 1.807) is 24.3 Å². The first-order chi connectivity index (χ1) is 8.45. The Balaban J connectivity index is 1.98. The monoisotopic (exact) mass is 274 g/mol. The minimum atomic E-state index is -4.50. The van der Waals surface area contributed by atoms with Crippen LogP contribution in [0.25, 0.3) is 0 Å². The second-order valence-electron chi connectivity index (χ2n) is 3.52. The molecule has 8 heteroatoms. The lowest BCUT2D eigenvalue weighted by Gasteiger charge is -2.02. The van der Waals surface area contributed by atoms with Crippen molar-refractivity contribution in [3.8, 4) is 0 Å². The van der Waals surface area contributed by atoms with Gasteiger partial charge in [0.25, 0.3) is 0 Å². The van der Waals surface area contributed by atoms with E-state index in [1.165, 1.54) is 0 Å². The number of rotatable bonds is 3. The number of benzene rings is 1. The molecule has 2 aromatic rings. The zero-order chi connectivity index (χ0) is 13.2. The highest BCUT2D eigenvalue weighted by Gasteiger charge is 2.36. The van der Waals surface area contributed by atoms with Crippen LogP contribution in [0.4, 0.5) is 24.0 Å². The van der Waals surface area contributed by atoms with Crippen molar-refractivity contribution in [1.82, 2.24) is 9.36 Å². The first kappa shape index (κ1) is 12.6. The van der Waals surface area contributed by atoms with E-state index < -0.39 is 12.0 Å². The summed E-state index contributed by atoms with van der Waals surface area (Å²) in [5, 5.41) is 2.92. The average Bonchev–Trinajstić information content (AvgIpc) is 2.77. The van der Waals surface area contributed by atoms with Crippen molar-refractivity contribution >= 4 is 22.4 Å². The van der Waals surface area contributed by atoms with E-state index in [4.69, 9.17) is 5.73 Å². The molecular formula is C10H9F3N4S. The number of hydrogen-bond donors (Lipinski definition) is 2. The van der Waals surface area contributed by atoms with Gasteiger partial charge in [-0.25, -0.2) is 0 Å². The molecule has 1 aromatic heterocycles. The van der Waals surface area contributed by atoms with Gasteiger partial charge in [-0.3, -0.25) is 0 Å². The molecule has 0 amide bonds. The number of nitrogen functional groups attached to an aromatic ring is 1. The molecule has 1 heterocycles. The summed E-state index contributed by atoms with van der Waals surface area (Å²) in [5.74, 6) is -1.12. The summed E-state index contributed by atoms with van der Waals surface area (Å²) < 4.78 is 40.0. The molecule has 0 spiro atoms. The van der Waals surface area contributed by atoms with Gasteiger partial charge >= 0.3 is 6.18 Å². The first-order valence-corrected chi connectivity index (χ1v) is 5.72. The Morgan fingerprint density at radius 3 is 2.44 bits per heavy atom. The van der Waals surface area contributed by atoms with Crippen LogP contribution in [-0.4, -0.2) is 9.36 Å². The predicted molar refractivity (Wildman–Crippen MR) is 63.1 cm³/mol. The van der Waals surface area contributed by atoms with Gasteiger partial charge in [-0.15, -0.1) is 0 Å². The molecule has 0 aliphatic heterocycles. The smallest absolute Gasteiger partial charge is 0.399 e. The third kappa shape index (κ3) is 3.10. The largest absolute Gasteiger partial charge is 0.452 e. The van der Waals surface area contributed by atoms with Crippen molar-refractivity contribution in [2.45, 2.75) is 12.7 Å². The molecule has 0 saturated carbocycles. The lowest BCUT2D eigenvalue weighted by Crippen LogP contribution is -2.07. The van der Waals surface area contributed by atoms with Crippen molar-refractivity contribution in [1.29, 1.82) is 0 Å². The van der Waals surface area contributed by atoms with Crippen LogP contribution in [0, 0.1) is 0 Å². The maximum atomic E-state index is 12.2. The van der Waals surface area contributed by atoms with Gasteiger partial charge in [0.1, 0.15) is 0 Å². The number of nitrogens with one attached hydrogen (secondary N) is 1. The minimum Gasteiger partial charge on any atom is -0.399 e. The molecule has 0 saturated heterocycles. The van der Waals surface area contributed by atoms with E-state index in [1.807, 2.05) is 0 Å². The molecule has 0 fully saturated rings. The molecule has 3 N–H and O–H groups in total. The van der Waals surface area contributed by atoms with Crippen molar-refractivity contribution in [3.05, 3.63) is 35.7 Å². The first-order valence-electron chi connectivity index (χ1n) is 4.94. The zero-order valence-electron chi connectivity index (χ0n) is 9.03. The number of aromatic nitrogens is 2. The summed E-state index contributed by atoms with van der Waals surface area (Å²) in [6, 6.07) is 7.01. The molecular weight excluding hydrogens is 265 g/mol. The second kappa shape index (κ2) is 4.81. The van der Waals surface area contributed by atoms with E-state index in [-0.39, 0.29) is 5.13 Å². The summed E-state index contributed by atoms with van der Waals surface area (Å²) in [6.45, 7) is 0.368. The lowest BCUT2D eigenvalue weighted by molar-refractivity contribution is -0.144. The Hall–Kier alpha value is -1.83. The van der Waals surface area contributed by atoms with Crippen molar-refractivity contribution < 1.29 is 13.2 Å². The summed E-state index contributed by atoms with van der Waals surface area (Å²) >= 11 is 0.682. The van der Waals surface area contributed by atoms with Crippen LogP contribution in [0.3, 0.4) is 0 Å². The molecule has 0 bridgehead atoms. The summed E-state index contributed by atoms with van der Waals surface area (Å²) in [4.78, 5) is 3.36. The molecule has 4 nitrogen and oxygen atoms in total. The fraction of sp³-hybridized carbons (Fsp3) is 0.200. The quantitative estimate of drug-likeness (QED) is 0.845. The normalized spacial score (nSPS) is 11.5. The van der Waals surface area contributed by atoms with Gasteiger partial charge in [-0.2, -0.15) is 22.5 Å². The highest BCUT2D eigenvalue weighted by atomic mass is 32.1. The fourth-order valence-electron chi connectivity index (χ4n) is 1.22.